The molecule has 3 aromatic heterocycles. The second-order valence-corrected chi connectivity index (χ2v) is 10.1. The summed E-state index contributed by atoms with van der Waals surface area (Å²) in [4.78, 5) is 20.6. The van der Waals surface area contributed by atoms with Crippen LogP contribution in [0.2, 0.25) is 0 Å². The van der Waals surface area contributed by atoms with E-state index in [1.807, 2.05) is 31.2 Å². The average Bonchev–Trinajstić information content (AvgIpc) is 3.18. The number of pyridine rings is 2. The van der Waals surface area contributed by atoms with E-state index in [-0.39, 0.29) is 11.5 Å². The van der Waals surface area contributed by atoms with Crippen LogP contribution in [0.5, 0.6) is 0 Å². The van der Waals surface area contributed by atoms with Gasteiger partial charge in [0.15, 0.2) is 5.43 Å². The van der Waals surface area contributed by atoms with Crippen molar-refractivity contribution in [3.63, 3.8) is 0 Å². The SMILES string of the molecule is C#Cc1ccc2c(c1)[nH]c1c2c(=O)c2cc(C)c(-c3cncc(S(=O)(=O)F)c3)cc2n1C1CNC1. The van der Waals surface area contributed by atoms with Crippen molar-refractivity contribution in [2.45, 2.75) is 17.9 Å². The fourth-order valence-electron chi connectivity index (χ4n) is 4.86. The molecule has 9 heteroatoms. The lowest BCUT2D eigenvalue weighted by Crippen LogP contribution is -2.44. The molecule has 2 N–H and O–H groups in total. The van der Waals surface area contributed by atoms with E-state index >= 15 is 0 Å². The Balaban J connectivity index is 1.72. The molecule has 1 fully saturated rings. The zero-order chi connectivity index (χ0) is 24.5. The molecule has 0 spiro atoms. The van der Waals surface area contributed by atoms with Gasteiger partial charge in [-0.2, -0.15) is 8.42 Å². The normalized spacial score (nSPS) is 14.4. The second kappa shape index (κ2) is 7.50. The Morgan fingerprint density at radius 3 is 2.63 bits per heavy atom. The second-order valence-electron chi connectivity index (χ2n) is 8.80. The first kappa shape index (κ1) is 21.5. The molecule has 0 bridgehead atoms. The summed E-state index contributed by atoms with van der Waals surface area (Å²) in [5, 5.41) is 5.23. The first-order valence-corrected chi connectivity index (χ1v) is 12.4. The molecule has 1 aliphatic rings. The zero-order valence-corrected chi connectivity index (χ0v) is 19.4. The minimum Gasteiger partial charge on any atom is -0.340 e. The van der Waals surface area contributed by atoms with Gasteiger partial charge in [0.2, 0.25) is 0 Å². The van der Waals surface area contributed by atoms with Crippen molar-refractivity contribution in [3.05, 3.63) is 70.1 Å². The summed E-state index contributed by atoms with van der Waals surface area (Å²) in [5.74, 6) is 2.63. The molecule has 2 aromatic carbocycles. The highest BCUT2D eigenvalue weighted by molar-refractivity contribution is 7.86. The molecule has 0 atom stereocenters. The Morgan fingerprint density at radius 1 is 1.14 bits per heavy atom. The number of hydrogen-bond donors (Lipinski definition) is 2. The molecule has 0 saturated carbocycles. The first-order valence-electron chi connectivity index (χ1n) is 11.0. The summed E-state index contributed by atoms with van der Waals surface area (Å²) in [5.41, 5.74) is 4.66. The highest BCUT2D eigenvalue weighted by atomic mass is 32.3. The van der Waals surface area contributed by atoms with Crippen LogP contribution in [-0.2, 0) is 10.2 Å². The van der Waals surface area contributed by atoms with Gasteiger partial charge in [-0.25, -0.2) is 0 Å². The summed E-state index contributed by atoms with van der Waals surface area (Å²) in [6, 6.07) is 10.6. The van der Waals surface area contributed by atoms with Gasteiger partial charge in [0.25, 0.3) is 0 Å². The lowest BCUT2D eigenvalue weighted by atomic mass is 9.97. The Bertz CT molecular complexity index is 1910. The van der Waals surface area contributed by atoms with Gasteiger partial charge in [0, 0.05) is 52.9 Å². The van der Waals surface area contributed by atoms with Crippen LogP contribution in [0, 0.1) is 19.3 Å². The van der Waals surface area contributed by atoms with Gasteiger partial charge >= 0.3 is 10.2 Å². The Labute approximate surface area is 199 Å². The van der Waals surface area contributed by atoms with Gasteiger partial charge in [-0.15, -0.1) is 10.3 Å². The van der Waals surface area contributed by atoms with Crippen molar-refractivity contribution >= 4 is 43.1 Å². The summed E-state index contributed by atoms with van der Waals surface area (Å²) >= 11 is 0. The number of terminal acetylenes is 1. The summed E-state index contributed by atoms with van der Waals surface area (Å²) in [6.45, 7) is 3.30. The molecule has 1 saturated heterocycles. The molecule has 0 aliphatic carbocycles. The van der Waals surface area contributed by atoms with E-state index in [1.54, 1.807) is 6.07 Å². The third-order valence-corrected chi connectivity index (χ3v) is 7.48. The van der Waals surface area contributed by atoms with Crippen LogP contribution < -0.4 is 10.7 Å². The number of hydrogen-bond acceptors (Lipinski definition) is 5. The maximum Gasteiger partial charge on any atom is 0.333 e. The largest absolute Gasteiger partial charge is 0.340 e. The molecule has 174 valence electrons. The molecular formula is C26H19FN4O3S. The summed E-state index contributed by atoms with van der Waals surface area (Å²) in [6.07, 6.45) is 8.04. The van der Waals surface area contributed by atoms with Crippen LogP contribution in [-0.4, -0.2) is 36.0 Å². The van der Waals surface area contributed by atoms with Crippen molar-refractivity contribution in [2.75, 3.05) is 13.1 Å². The van der Waals surface area contributed by atoms with Gasteiger partial charge < -0.3 is 14.9 Å². The molecule has 5 aromatic rings. The highest BCUT2D eigenvalue weighted by Crippen LogP contribution is 2.34. The van der Waals surface area contributed by atoms with Crippen molar-refractivity contribution in [1.29, 1.82) is 0 Å². The molecule has 7 nitrogen and oxygen atoms in total. The molecule has 6 rings (SSSR count). The smallest absolute Gasteiger partial charge is 0.333 e. The highest BCUT2D eigenvalue weighted by Gasteiger charge is 2.26. The minimum atomic E-state index is -4.91. The Kier molecular flexibility index (Phi) is 4.61. The predicted molar refractivity (Wildman–Crippen MR) is 134 cm³/mol. The predicted octanol–water partition coefficient (Wildman–Crippen LogP) is 3.79. The number of H-pyrrole nitrogens is 1. The lowest BCUT2D eigenvalue weighted by Gasteiger charge is -2.32. The van der Waals surface area contributed by atoms with Crippen LogP contribution in [0.15, 0.2) is 58.5 Å². The molecule has 0 unspecified atom stereocenters. The van der Waals surface area contributed by atoms with E-state index in [4.69, 9.17) is 6.42 Å². The number of benzene rings is 2. The molecule has 0 radical (unpaired) electrons. The van der Waals surface area contributed by atoms with Gasteiger partial charge in [-0.05, 0) is 48.4 Å². The molecule has 1 aliphatic heterocycles. The first-order chi connectivity index (χ1) is 16.8. The Morgan fingerprint density at radius 2 is 1.94 bits per heavy atom. The number of nitrogens with one attached hydrogen (secondary N) is 2. The van der Waals surface area contributed by atoms with Crippen LogP contribution in [0.4, 0.5) is 3.89 Å². The van der Waals surface area contributed by atoms with Gasteiger partial charge in [-0.1, -0.05) is 12.0 Å². The van der Waals surface area contributed by atoms with Gasteiger partial charge in [-0.3, -0.25) is 9.78 Å². The number of fused-ring (bicyclic) bond motifs is 4. The molecule has 0 amide bonds. The van der Waals surface area contributed by atoms with E-state index in [0.29, 0.717) is 38.6 Å². The average molecular weight is 487 g/mol. The fraction of sp³-hybridized carbons (Fsp3) is 0.154. The van der Waals surface area contributed by atoms with Crippen molar-refractivity contribution in [1.82, 2.24) is 19.9 Å². The van der Waals surface area contributed by atoms with E-state index in [0.717, 1.165) is 35.8 Å². The fourth-order valence-corrected chi connectivity index (χ4v) is 5.32. The number of rotatable bonds is 3. The zero-order valence-electron chi connectivity index (χ0n) is 18.6. The Hall–Kier alpha value is -4.00. The lowest BCUT2D eigenvalue weighted by molar-refractivity contribution is 0.357. The van der Waals surface area contributed by atoms with Crippen molar-refractivity contribution < 1.29 is 12.3 Å². The minimum absolute atomic E-state index is 0.104. The maximum absolute atomic E-state index is 13.8. The summed E-state index contributed by atoms with van der Waals surface area (Å²) in [7, 11) is -4.91. The maximum atomic E-state index is 13.8. The number of halogens is 1. The van der Waals surface area contributed by atoms with Crippen LogP contribution in [0.3, 0.4) is 0 Å². The number of aryl methyl sites for hydroxylation is 1. The van der Waals surface area contributed by atoms with Crippen LogP contribution >= 0.6 is 0 Å². The topological polar surface area (TPSA) is 96.8 Å². The van der Waals surface area contributed by atoms with Crippen LogP contribution in [0.25, 0.3) is 44.0 Å². The van der Waals surface area contributed by atoms with Gasteiger partial charge in [0.1, 0.15) is 10.5 Å². The summed E-state index contributed by atoms with van der Waals surface area (Å²) < 4.78 is 38.7. The van der Waals surface area contributed by atoms with Crippen molar-refractivity contribution in [2.24, 2.45) is 0 Å². The monoisotopic (exact) mass is 486 g/mol. The van der Waals surface area contributed by atoms with Gasteiger partial charge in [0.05, 0.1) is 16.9 Å². The number of nitrogens with zero attached hydrogens (tertiary/aromatic N) is 2. The quantitative estimate of drug-likeness (QED) is 0.299. The molecule has 4 heterocycles. The standard InChI is InChI=1S/C26H19FN4O3S/c1-3-15-4-5-19-22(7-15)30-26-24(19)25(32)21-6-14(2)20(9-23(21)31(26)17-11-29-12-17)16-8-18(13-28-10-16)35(27,33)34/h1,4-10,13,17,29-30H,11-12H2,2H3. The van der Waals surface area contributed by atoms with E-state index in [1.165, 1.54) is 12.3 Å². The van der Waals surface area contributed by atoms with Crippen molar-refractivity contribution in [3.8, 4) is 23.5 Å². The number of aromatic amines is 1. The third-order valence-electron chi connectivity index (χ3n) is 6.69. The van der Waals surface area contributed by atoms with E-state index in [9.17, 15) is 17.1 Å². The van der Waals surface area contributed by atoms with E-state index in [2.05, 4.69) is 25.8 Å². The molecule has 35 heavy (non-hydrogen) atoms. The third kappa shape index (κ3) is 3.26. The van der Waals surface area contributed by atoms with E-state index < -0.39 is 15.1 Å². The molecular weight excluding hydrogens is 467 g/mol. The number of aromatic nitrogens is 3. The van der Waals surface area contributed by atoms with Crippen LogP contribution in [0.1, 0.15) is 17.2 Å².